The van der Waals surface area contributed by atoms with Crippen molar-refractivity contribution in [2.24, 2.45) is 5.92 Å². The number of hydrogen-bond acceptors (Lipinski definition) is 2. The van der Waals surface area contributed by atoms with Gasteiger partial charge in [-0.25, -0.2) is 8.78 Å². The highest BCUT2D eigenvalue weighted by Crippen LogP contribution is 2.33. The van der Waals surface area contributed by atoms with Crippen molar-refractivity contribution in [2.75, 3.05) is 26.2 Å². The maximum Gasteiger partial charge on any atom is 0.130 e. The monoisotopic (exact) mass is 282 g/mol. The third kappa shape index (κ3) is 3.55. The Bertz CT molecular complexity index is 430. The van der Waals surface area contributed by atoms with E-state index in [1.165, 1.54) is 6.07 Å². The lowest BCUT2D eigenvalue weighted by Gasteiger charge is -2.38. The zero-order chi connectivity index (χ0) is 14.5. The smallest absolute Gasteiger partial charge is 0.130 e. The second-order valence-corrected chi connectivity index (χ2v) is 5.66. The Morgan fingerprint density at radius 3 is 2.55 bits per heavy atom. The van der Waals surface area contributed by atoms with E-state index in [-0.39, 0.29) is 6.04 Å². The minimum atomic E-state index is -0.506. The molecule has 0 aliphatic carbocycles. The van der Waals surface area contributed by atoms with E-state index >= 15 is 0 Å². The van der Waals surface area contributed by atoms with E-state index in [0.717, 1.165) is 45.1 Å². The first kappa shape index (κ1) is 15.4. The molecular weight excluding hydrogens is 258 g/mol. The van der Waals surface area contributed by atoms with Gasteiger partial charge in [-0.05, 0) is 18.4 Å². The largest absolute Gasteiger partial charge is 0.314 e. The lowest BCUT2D eigenvalue weighted by Crippen LogP contribution is -2.46. The van der Waals surface area contributed by atoms with Crippen molar-refractivity contribution in [1.29, 1.82) is 0 Å². The van der Waals surface area contributed by atoms with Gasteiger partial charge in [0.25, 0.3) is 0 Å². The fraction of sp³-hybridized carbons (Fsp3) is 0.625. The normalized spacial score (nSPS) is 19.8. The minimum Gasteiger partial charge on any atom is -0.314 e. The van der Waals surface area contributed by atoms with Crippen LogP contribution in [0.5, 0.6) is 0 Å². The molecule has 1 heterocycles. The van der Waals surface area contributed by atoms with Crippen LogP contribution in [0, 0.1) is 17.6 Å². The molecule has 0 radical (unpaired) electrons. The molecule has 1 aromatic rings. The number of nitrogens with zero attached hydrogens (tertiary/aromatic N) is 1. The topological polar surface area (TPSA) is 15.3 Å². The third-order valence-corrected chi connectivity index (χ3v) is 4.11. The summed E-state index contributed by atoms with van der Waals surface area (Å²) in [7, 11) is 0. The molecule has 2 atom stereocenters. The van der Waals surface area contributed by atoms with E-state index in [9.17, 15) is 8.78 Å². The van der Waals surface area contributed by atoms with Crippen molar-refractivity contribution < 1.29 is 8.78 Å². The highest BCUT2D eigenvalue weighted by atomic mass is 19.1. The Balaban J connectivity index is 2.28. The molecule has 0 saturated carbocycles. The number of nitrogens with one attached hydrogen (secondary N) is 1. The SMILES string of the molecule is CCCC(C)[C@@H](c1ccc(F)cc1F)N1CCNCC1. The standard InChI is InChI=1S/C16H24F2N2/c1-3-4-12(2)16(20-9-7-19-8-10-20)14-6-5-13(17)11-15(14)18/h5-6,11-12,16,19H,3-4,7-10H2,1-2H3/t12?,16-/m0/s1. The van der Waals surface area contributed by atoms with E-state index in [0.29, 0.717) is 11.5 Å². The molecule has 0 spiro atoms. The molecule has 1 N–H and O–H groups in total. The molecule has 1 aliphatic heterocycles. The summed E-state index contributed by atoms with van der Waals surface area (Å²) in [4.78, 5) is 2.33. The highest BCUT2D eigenvalue weighted by molar-refractivity contribution is 5.23. The van der Waals surface area contributed by atoms with Gasteiger partial charge in [0.05, 0.1) is 0 Å². The maximum atomic E-state index is 14.2. The number of piperazine rings is 1. The van der Waals surface area contributed by atoms with Gasteiger partial charge < -0.3 is 5.32 Å². The van der Waals surface area contributed by atoms with Crippen molar-refractivity contribution >= 4 is 0 Å². The average molecular weight is 282 g/mol. The van der Waals surface area contributed by atoms with Gasteiger partial charge in [-0.2, -0.15) is 0 Å². The van der Waals surface area contributed by atoms with Crippen LogP contribution in [0.15, 0.2) is 18.2 Å². The number of halogens is 2. The molecule has 2 rings (SSSR count). The Labute approximate surface area is 120 Å². The van der Waals surface area contributed by atoms with Crippen LogP contribution >= 0.6 is 0 Å². The zero-order valence-electron chi connectivity index (χ0n) is 12.3. The van der Waals surface area contributed by atoms with Crippen molar-refractivity contribution in [3.63, 3.8) is 0 Å². The van der Waals surface area contributed by atoms with Gasteiger partial charge in [0.15, 0.2) is 0 Å². The van der Waals surface area contributed by atoms with Gasteiger partial charge in [0.1, 0.15) is 11.6 Å². The fourth-order valence-corrected chi connectivity index (χ4v) is 3.18. The molecule has 112 valence electrons. The summed E-state index contributed by atoms with van der Waals surface area (Å²) in [5.41, 5.74) is 0.634. The second-order valence-electron chi connectivity index (χ2n) is 5.66. The predicted molar refractivity (Wildman–Crippen MR) is 77.6 cm³/mol. The average Bonchev–Trinajstić information content (AvgIpc) is 2.43. The Kier molecular flexibility index (Phi) is 5.49. The predicted octanol–water partition coefficient (Wildman–Crippen LogP) is 3.35. The molecule has 2 nitrogen and oxygen atoms in total. The third-order valence-electron chi connectivity index (χ3n) is 4.11. The lowest BCUT2D eigenvalue weighted by molar-refractivity contribution is 0.123. The summed E-state index contributed by atoms with van der Waals surface area (Å²) >= 11 is 0. The molecular formula is C16H24F2N2. The summed E-state index contributed by atoms with van der Waals surface area (Å²) in [6.07, 6.45) is 2.12. The Morgan fingerprint density at radius 1 is 1.25 bits per heavy atom. The molecule has 0 aromatic heterocycles. The molecule has 1 saturated heterocycles. The van der Waals surface area contributed by atoms with Gasteiger partial charge in [-0.15, -0.1) is 0 Å². The summed E-state index contributed by atoms with van der Waals surface area (Å²) in [6.45, 7) is 7.99. The van der Waals surface area contributed by atoms with Gasteiger partial charge in [0, 0.05) is 43.9 Å². The van der Waals surface area contributed by atoms with E-state index < -0.39 is 11.6 Å². The van der Waals surface area contributed by atoms with Gasteiger partial charge in [-0.1, -0.05) is 26.3 Å². The van der Waals surface area contributed by atoms with Crippen LogP contribution in [0.25, 0.3) is 0 Å². The quantitative estimate of drug-likeness (QED) is 0.891. The minimum absolute atomic E-state index is 0.0395. The second kappa shape index (κ2) is 7.14. The molecule has 4 heteroatoms. The molecule has 1 fully saturated rings. The van der Waals surface area contributed by atoms with Crippen LogP contribution in [0.1, 0.15) is 38.3 Å². The van der Waals surface area contributed by atoms with E-state index in [1.54, 1.807) is 6.07 Å². The van der Waals surface area contributed by atoms with Crippen LogP contribution in [-0.4, -0.2) is 31.1 Å². The number of hydrogen-bond donors (Lipinski definition) is 1. The maximum absolute atomic E-state index is 14.2. The van der Waals surface area contributed by atoms with Gasteiger partial charge in [-0.3, -0.25) is 4.90 Å². The van der Waals surface area contributed by atoms with Crippen molar-refractivity contribution in [2.45, 2.75) is 32.7 Å². The van der Waals surface area contributed by atoms with Crippen LogP contribution in [0.2, 0.25) is 0 Å². The van der Waals surface area contributed by atoms with Crippen molar-refractivity contribution in [1.82, 2.24) is 10.2 Å². The van der Waals surface area contributed by atoms with Crippen LogP contribution in [0.4, 0.5) is 8.78 Å². The zero-order valence-corrected chi connectivity index (χ0v) is 12.3. The summed E-state index contributed by atoms with van der Waals surface area (Å²) < 4.78 is 27.3. The molecule has 1 aromatic carbocycles. The summed E-state index contributed by atoms with van der Waals surface area (Å²) in [6, 6.07) is 4.02. The molecule has 1 aliphatic rings. The van der Waals surface area contributed by atoms with Gasteiger partial charge >= 0.3 is 0 Å². The first-order valence-electron chi connectivity index (χ1n) is 7.53. The molecule has 0 bridgehead atoms. The van der Waals surface area contributed by atoms with Crippen LogP contribution in [0.3, 0.4) is 0 Å². The first-order chi connectivity index (χ1) is 9.63. The number of benzene rings is 1. The van der Waals surface area contributed by atoms with Crippen molar-refractivity contribution in [3.05, 3.63) is 35.4 Å². The lowest BCUT2D eigenvalue weighted by atomic mass is 9.89. The van der Waals surface area contributed by atoms with E-state index in [1.807, 2.05) is 0 Å². The fourth-order valence-electron chi connectivity index (χ4n) is 3.18. The Morgan fingerprint density at radius 2 is 1.95 bits per heavy atom. The Hall–Kier alpha value is -1.00. The highest BCUT2D eigenvalue weighted by Gasteiger charge is 2.29. The molecule has 0 amide bonds. The number of rotatable bonds is 5. The molecule has 20 heavy (non-hydrogen) atoms. The van der Waals surface area contributed by atoms with E-state index in [4.69, 9.17) is 0 Å². The summed E-state index contributed by atoms with van der Waals surface area (Å²) in [5.74, 6) is -0.567. The van der Waals surface area contributed by atoms with Crippen LogP contribution < -0.4 is 5.32 Å². The first-order valence-corrected chi connectivity index (χ1v) is 7.53. The molecule has 1 unspecified atom stereocenters. The summed E-state index contributed by atoms with van der Waals surface area (Å²) in [5, 5.41) is 3.32. The van der Waals surface area contributed by atoms with Crippen molar-refractivity contribution in [3.8, 4) is 0 Å². The van der Waals surface area contributed by atoms with Gasteiger partial charge in [0.2, 0.25) is 0 Å². The van der Waals surface area contributed by atoms with E-state index in [2.05, 4.69) is 24.1 Å². The van der Waals surface area contributed by atoms with Crippen LogP contribution in [-0.2, 0) is 0 Å².